The zero-order valence-electron chi connectivity index (χ0n) is 14.0. The van der Waals surface area contributed by atoms with E-state index in [4.69, 9.17) is 4.42 Å². The van der Waals surface area contributed by atoms with Gasteiger partial charge in [-0.3, -0.25) is 24.3 Å². The Bertz CT molecular complexity index is 996. The molecule has 0 fully saturated rings. The molecule has 0 saturated carbocycles. The first-order chi connectivity index (χ1) is 13.1. The van der Waals surface area contributed by atoms with Crippen molar-refractivity contribution in [1.29, 1.82) is 0 Å². The van der Waals surface area contributed by atoms with Crippen LogP contribution < -0.4 is 5.32 Å². The lowest BCUT2D eigenvalue weighted by Gasteiger charge is -2.12. The second kappa shape index (κ2) is 6.79. The summed E-state index contributed by atoms with van der Waals surface area (Å²) in [6.45, 7) is -0.398. The van der Waals surface area contributed by atoms with Crippen molar-refractivity contribution in [2.45, 2.75) is 6.54 Å². The van der Waals surface area contributed by atoms with E-state index in [-0.39, 0.29) is 24.9 Å². The van der Waals surface area contributed by atoms with Crippen LogP contribution in [0.15, 0.2) is 53.2 Å². The molecule has 1 aromatic carbocycles. The molecule has 9 nitrogen and oxygen atoms in total. The van der Waals surface area contributed by atoms with Gasteiger partial charge in [0.1, 0.15) is 6.54 Å². The van der Waals surface area contributed by atoms with Gasteiger partial charge in [-0.25, -0.2) is 0 Å². The number of rotatable bonds is 5. The van der Waals surface area contributed by atoms with Crippen LogP contribution in [0.3, 0.4) is 0 Å². The number of imide groups is 1. The monoisotopic (exact) mass is 363 g/mol. The van der Waals surface area contributed by atoms with Gasteiger partial charge in [-0.05, 0) is 24.3 Å². The van der Waals surface area contributed by atoms with Crippen LogP contribution in [0.4, 0.5) is 0 Å². The topological polar surface area (TPSA) is 118 Å². The highest BCUT2D eigenvalue weighted by atomic mass is 16.4. The third kappa shape index (κ3) is 3.17. The molecule has 9 heteroatoms. The van der Waals surface area contributed by atoms with E-state index in [1.54, 1.807) is 48.8 Å². The maximum absolute atomic E-state index is 12.3. The van der Waals surface area contributed by atoms with Gasteiger partial charge in [-0.15, -0.1) is 10.2 Å². The average Bonchev–Trinajstić information content (AvgIpc) is 3.27. The maximum Gasteiger partial charge on any atom is 0.262 e. The minimum atomic E-state index is -0.509. The van der Waals surface area contributed by atoms with Crippen molar-refractivity contribution in [3.8, 4) is 11.5 Å². The van der Waals surface area contributed by atoms with Crippen LogP contribution in [0, 0.1) is 0 Å². The van der Waals surface area contributed by atoms with E-state index >= 15 is 0 Å². The molecule has 2 aromatic heterocycles. The van der Waals surface area contributed by atoms with Gasteiger partial charge < -0.3 is 9.73 Å². The predicted octanol–water partition coefficient (Wildman–Crippen LogP) is 1.04. The van der Waals surface area contributed by atoms with Gasteiger partial charge in [0.2, 0.25) is 17.7 Å². The van der Waals surface area contributed by atoms with Gasteiger partial charge in [-0.1, -0.05) is 12.1 Å². The van der Waals surface area contributed by atoms with Crippen LogP contribution in [0.2, 0.25) is 0 Å². The fraction of sp³-hybridized carbons (Fsp3) is 0.111. The Balaban J connectivity index is 1.37. The van der Waals surface area contributed by atoms with E-state index in [1.807, 2.05) is 0 Å². The van der Waals surface area contributed by atoms with Crippen LogP contribution in [0.1, 0.15) is 26.6 Å². The van der Waals surface area contributed by atoms with E-state index in [0.29, 0.717) is 16.7 Å². The largest absolute Gasteiger partial charge is 0.419 e. The molecule has 0 unspecified atom stereocenters. The number of carbonyl (C=O) groups excluding carboxylic acids is 3. The van der Waals surface area contributed by atoms with Crippen molar-refractivity contribution in [2.75, 3.05) is 6.54 Å². The normalized spacial score (nSPS) is 13.0. The molecule has 1 N–H and O–H groups in total. The molecular weight excluding hydrogens is 350 g/mol. The second-order valence-corrected chi connectivity index (χ2v) is 5.76. The molecule has 27 heavy (non-hydrogen) atoms. The number of fused-ring (bicyclic) bond motifs is 1. The van der Waals surface area contributed by atoms with Crippen LogP contribution in [-0.4, -0.2) is 44.3 Å². The molecule has 1 aliphatic heterocycles. The number of nitrogens with one attached hydrogen (secondary N) is 1. The van der Waals surface area contributed by atoms with Crippen molar-refractivity contribution in [2.24, 2.45) is 0 Å². The number of pyridine rings is 1. The highest BCUT2D eigenvalue weighted by Gasteiger charge is 2.36. The molecule has 134 valence electrons. The molecule has 0 spiro atoms. The van der Waals surface area contributed by atoms with Crippen molar-refractivity contribution in [1.82, 2.24) is 25.4 Å². The van der Waals surface area contributed by atoms with Crippen molar-refractivity contribution >= 4 is 17.7 Å². The predicted molar refractivity (Wildman–Crippen MR) is 91.2 cm³/mol. The Kier molecular flexibility index (Phi) is 4.17. The van der Waals surface area contributed by atoms with E-state index in [0.717, 1.165) is 4.90 Å². The van der Waals surface area contributed by atoms with Crippen LogP contribution in [0.5, 0.6) is 0 Å². The van der Waals surface area contributed by atoms with E-state index in [2.05, 4.69) is 20.5 Å². The molecule has 3 amide bonds. The minimum Gasteiger partial charge on any atom is -0.419 e. The summed E-state index contributed by atoms with van der Waals surface area (Å²) < 4.78 is 5.46. The number of hydrogen-bond acceptors (Lipinski definition) is 7. The number of amides is 3. The number of carbonyl (C=O) groups is 3. The Morgan fingerprint density at radius 3 is 2.44 bits per heavy atom. The van der Waals surface area contributed by atoms with Crippen LogP contribution >= 0.6 is 0 Å². The molecule has 1 aliphatic rings. The van der Waals surface area contributed by atoms with Gasteiger partial charge in [0.25, 0.3) is 11.8 Å². The third-order valence-electron chi connectivity index (χ3n) is 3.99. The zero-order valence-corrected chi connectivity index (χ0v) is 14.0. The number of hydrogen-bond donors (Lipinski definition) is 1. The first-order valence-electron chi connectivity index (χ1n) is 8.08. The number of aromatic nitrogens is 3. The molecule has 0 aliphatic carbocycles. The smallest absolute Gasteiger partial charge is 0.262 e. The first-order valence-corrected chi connectivity index (χ1v) is 8.08. The third-order valence-corrected chi connectivity index (χ3v) is 3.99. The van der Waals surface area contributed by atoms with Crippen LogP contribution in [-0.2, 0) is 11.3 Å². The second-order valence-electron chi connectivity index (χ2n) is 5.76. The summed E-state index contributed by atoms with van der Waals surface area (Å²) in [6, 6.07) is 9.97. The summed E-state index contributed by atoms with van der Waals surface area (Å²) in [6.07, 6.45) is 3.21. The Morgan fingerprint density at radius 1 is 1.04 bits per heavy atom. The molecule has 4 rings (SSSR count). The Labute approximate surface area is 153 Å². The first kappa shape index (κ1) is 16.6. The average molecular weight is 363 g/mol. The molecule has 0 atom stereocenters. The Hall–Kier alpha value is -3.88. The lowest BCUT2D eigenvalue weighted by Crippen LogP contribution is -2.40. The van der Waals surface area contributed by atoms with Gasteiger partial charge in [0.15, 0.2) is 0 Å². The zero-order chi connectivity index (χ0) is 18.8. The molecule has 0 radical (unpaired) electrons. The fourth-order valence-electron chi connectivity index (χ4n) is 2.69. The van der Waals surface area contributed by atoms with Crippen molar-refractivity contribution < 1.29 is 18.8 Å². The van der Waals surface area contributed by atoms with Gasteiger partial charge in [0.05, 0.1) is 23.2 Å². The summed E-state index contributed by atoms with van der Waals surface area (Å²) in [5.74, 6) is -0.993. The number of nitrogens with zero attached hydrogens (tertiary/aromatic N) is 4. The lowest BCUT2D eigenvalue weighted by molar-refractivity contribution is -0.121. The SMILES string of the molecule is O=C(CN1C(=O)c2ccccc2C1=O)NCc1nnc(-c2cccnc2)o1. The van der Waals surface area contributed by atoms with Gasteiger partial charge in [0, 0.05) is 12.4 Å². The Morgan fingerprint density at radius 2 is 1.78 bits per heavy atom. The molecule has 3 heterocycles. The summed E-state index contributed by atoms with van der Waals surface area (Å²) in [5, 5.41) is 10.3. The maximum atomic E-state index is 12.3. The summed E-state index contributed by atoms with van der Waals surface area (Å²) in [4.78, 5) is 41.5. The molecule has 0 saturated heterocycles. The molecule has 0 bridgehead atoms. The minimum absolute atomic E-state index is 0.0186. The highest BCUT2D eigenvalue weighted by Crippen LogP contribution is 2.22. The standard InChI is InChI=1S/C18H13N5O4/c24-14(10-23-17(25)12-5-1-2-6-13(12)18(23)26)20-9-15-21-22-16(27-15)11-4-3-7-19-8-11/h1-8H,9-10H2,(H,20,24). The summed E-state index contributed by atoms with van der Waals surface area (Å²) in [5.41, 5.74) is 1.26. The van der Waals surface area contributed by atoms with E-state index in [9.17, 15) is 14.4 Å². The number of benzene rings is 1. The highest BCUT2D eigenvalue weighted by molar-refractivity contribution is 6.22. The van der Waals surface area contributed by atoms with Crippen molar-refractivity contribution in [3.63, 3.8) is 0 Å². The van der Waals surface area contributed by atoms with Crippen LogP contribution in [0.25, 0.3) is 11.5 Å². The lowest BCUT2D eigenvalue weighted by atomic mass is 10.1. The van der Waals surface area contributed by atoms with Crippen molar-refractivity contribution in [3.05, 3.63) is 65.8 Å². The van der Waals surface area contributed by atoms with Gasteiger partial charge >= 0.3 is 0 Å². The molecule has 3 aromatic rings. The fourth-order valence-corrected chi connectivity index (χ4v) is 2.69. The van der Waals surface area contributed by atoms with E-state index in [1.165, 1.54) is 0 Å². The summed E-state index contributed by atoms with van der Waals surface area (Å²) in [7, 11) is 0. The van der Waals surface area contributed by atoms with E-state index < -0.39 is 17.7 Å². The summed E-state index contributed by atoms with van der Waals surface area (Å²) >= 11 is 0. The van der Waals surface area contributed by atoms with Gasteiger partial charge in [-0.2, -0.15) is 0 Å². The molecular formula is C18H13N5O4. The quantitative estimate of drug-likeness (QED) is 0.673.